The van der Waals surface area contributed by atoms with E-state index in [2.05, 4.69) is 0 Å². The number of methoxy groups -OCH3 is 1. The number of ether oxygens (including phenoxy) is 2. The molecule has 17 heavy (non-hydrogen) atoms. The molecule has 1 aromatic carbocycles. The number of hydrogen-bond acceptors (Lipinski definition) is 4. The molecule has 0 bridgehead atoms. The third-order valence-electron chi connectivity index (χ3n) is 2.64. The van der Waals surface area contributed by atoms with Crippen LogP contribution in [0, 0.1) is 0 Å². The monoisotopic (exact) mass is 238 g/mol. The van der Waals surface area contributed by atoms with Crippen LogP contribution in [0.3, 0.4) is 0 Å². The molecular formula is C13H18O4. The van der Waals surface area contributed by atoms with E-state index in [1.54, 1.807) is 0 Å². The van der Waals surface area contributed by atoms with Crippen molar-refractivity contribution in [2.75, 3.05) is 7.11 Å². The summed E-state index contributed by atoms with van der Waals surface area (Å²) < 4.78 is 10.3. The summed E-state index contributed by atoms with van der Waals surface area (Å²) in [7, 11) is 1.43. The number of carbonyl (C=O) groups is 1. The summed E-state index contributed by atoms with van der Waals surface area (Å²) in [6.45, 7) is 5.65. The van der Waals surface area contributed by atoms with Gasteiger partial charge in [-0.2, -0.15) is 0 Å². The SMILES string of the molecule is CCC(C)(C)OC(=O)c1ccc(O)c(OC)c1. The van der Waals surface area contributed by atoms with E-state index in [0.717, 1.165) is 6.42 Å². The third kappa shape index (κ3) is 3.37. The molecule has 1 rings (SSSR count). The molecule has 0 aromatic heterocycles. The molecule has 0 heterocycles. The Bertz CT molecular complexity index is 410. The Labute approximate surface area is 101 Å². The van der Waals surface area contributed by atoms with E-state index in [1.165, 1.54) is 25.3 Å². The number of esters is 1. The number of carbonyl (C=O) groups excluding carboxylic acids is 1. The van der Waals surface area contributed by atoms with Gasteiger partial charge in [0, 0.05) is 0 Å². The summed E-state index contributed by atoms with van der Waals surface area (Å²) in [5.74, 6) is -0.164. The highest BCUT2D eigenvalue weighted by Gasteiger charge is 2.22. The molecule has 0 saturated carbocycles. The van der Waals surface area contributed by atoms with Crippen LogP contribution in [0.2, 0.25) is 0 Å². The third-order valence-corrected chi connectivity index (χ3v) is 2.64. The second kappa shape index (κ2) is 5.08. The highest BCUT2D eigenvalue weighted by atomic mass is 16.6. The van der Waals surface area contributed by atoms with Gasteiger partial charge >= 0.3 is 5.97 Å². The normalized spacial score (nSPS) is 11.1. The fourth-order valence-corrected chi connectivity index (χ4v) is 1.19. The van der Waals surface area contributed by atoms with Gasteiger partial charge < -0.3 is 14.6 Å². The lowest BCUT2D eigenvalue weighted by atomic mass is 10.1. The topological polar surface area (TPSA) is 55.8 Å². The fraction of sp³-hybridized carbons (Fsp3) is 0.462. The molecule has 0 saturated heterocycles. The van der Waals surface area contributed by atoms with E-state index >= 15 is 0 Å². The number of phenols is 1. The predicted molar refractivity (Wildman–Crippen MR) is 64.4 cm³/mol. The Hall–Kier alpha value is -1.71. The van der Waals surface area contributed by atoms with E-state index in [4.69, 9.17) is 9.47 Å². The van der Waals surface area contributed by atoms with E-state index in [1.807, 2.05) is 20.8 Å². The Morgan fingerprint density at radius 2 is 2.06 bits per heavy atom. The molecule has 0 radical (unpaired) electrons. The van der Waals surface area contributed by atoms with E-state index in [0.29, 0.717) is 5.56 Å². The summed E-state index contributed by atoms with van der Waals surface area (Å²) in [6.07, 6.45) is 0.730. The number of rotatable bonds is 4. The second-order valence-electron chi connectivity index (χ2n) is 4.39. The molecule has 0 aliphatic carbocycles. The molecule has 1 aromatic rings. The van der Waals surface area contributed by atoms with Gasteiger partial charge in [0.1, 0.15) is 5.60 Å². The standard InChI is InChI=1S/C13H18O4/c1-5-13(2,3)17-12(15)9-6-7-10(14)11(8-9)16-4/h6-8,14H,5H2,1-4H3. The minimum atomic E-state index is -0.498. The molecular weight excluding hydrogens is 220 g/mol. The molecule has 4 heteroatoms. The average Bonchev–Trinajstić information content (AvgIpc) is 2.29. The Balaban J connectivity index is 2.90. The lowest BCUT2D eigenvalue weighted by Crippen LogP contribution is -2.27. The van der Waals surface area contributed by atoms with Gasteiger partial charge in [0.15, 0.2) is 11.5 Å². The van der Waals surface area contributed by atoms with Gasteiger partial charge in [-0.1, -0.05) is 6.92 Å². The largest absolute Gasteiger partial charge is 0.504 e. The molecule has 0 spiro atoms. The van der Waals surface area contributed by atoms with Crippen molar-refractivity contribution >= 4 is 5.97 Å². The van der Waals surface area contributed by atoms with Crippen LogP contribution >= 0.6 is 0 Å². The van der Waals surface area contributed by atoms with Crippen molar-refractivity contribution in [1.29, 1.82) is 0 Å². The maximum Gasteiger partial charge on any atom is 0.338 e. The van der Waals surface area contributed by atoms with Gasteiger partial charge in [-0.15, -0.1) is 0 Å². The molecule has 0 unspecified atom stereocenters. The van der Waals surface area contributed by atoms with Crippen molar-refractivity contribution in [1.82, 2.24) is 0 Å². The Morgan fingerprint density at radius 3 is 2.59 bits per heavy atom. The van der Waals surface area contributed by atoms with Crippen molar-refractivity contribution in [3.63, 3.8) is 0 Å². The maximum atomic E-state index is 11.8. The van der Waals surface area contributed by atoms with Crippen molar-refractivity contribution in [2.24, 2.45) is 0 Å². The maximum absolute atomic E-state index is 11.8. The van der Waals surface area contributed by atoms with Gasteiger partial charge in [-0.3, -0.25) is 0 Å². The van der Waals surface area contributed by atoms with Crippen LogP contribution in [0.25, 0.3) is 0 Å². The van der Waals surface area contributed by atoms with Gasteiger partial charge in [0.25, 0.3) is 0 Å². The van der Waals surface area contributed by atoms with E-state index < -0.39 is 11.6 Å². The average molecular weight is 238 g/mol. The molecule has 0 fully saturated rings. The zero-order valence-corrected chi connectivity index (χ0v) is 10.6. The first-order valence-electron chi connectivity index (χ1n) is 5.50. The van der Waals surface area contributed by atoms with E-state index in [9.17, 15) is 9.90 Å². The zero-order chi connectivity index (χ0) is 13.1. The highest BCUT2D eigenvalue weighted by Crippen LogP contribution is 2.27. The molecule has 0 aliphatic heterocycles. The van der Waals surface area contributed by atoms with Gasteiger partial charge in [-0.25, -0.2) is 4.79 Å². The van der Waals surface area contributed by atoms with Crippen molar-refractivity contribution in [3.05, 3.63) is 23.8 Å². The molecule has 4 nitrogen and oxygen atoms in total. The van der Waals surface area contributed by atoms with Gasteiger partial charge in [0.05, 0.1) is 12.7 Å². The van der Waals surface area contributed by atoms with Crippen LogP contribution in [0.15, 0.2) is 18.2 Å². The van der Waals surface area contributed by atoms with Crippen molar-refractivity contribution < 1.29 is 19.4 Å². The molecule has 0 amide bonds. The molecule has 1 N–H and O–H groups in total. The molecule has 94 valence electrons. The summed E-state index contributed by atoms with van der Waals surface area (Å²) in [6, 6.07) is 4.38. The molecule has 0 aliphatic rings. The van der Waals surface area contributed by atoms with Crippen LogP contribution in [0.4, 0.5) is 0 Å². The van der Waals surface area contributed by atoms with Gasteiger partial charge in [-0.05, 0) is 38.5 Å². The van der Waals surface area contributed by atoms with Crippen LogP contribution < -0.4 is 4.74 Å². The minimum absolute atomic E-state index is 0.00111. The fourth-order valence-electron chi connectivity index (χ4n) is 1.19. The number of hydrogen-bond donors (Lipinski definition) is 1. The summed E-state index contributed by atoms with van der Waals surface area (Å²) in [5, 5.41) is 9.42. The second-order valence-corrected chi connectivity index (χ2v) is 4.39. The lowest BCUT2D eigenvalue weighted by Gasteiger charge is -2.23. The van der Waals surface area contributed by atoms with Crippen LogP contribution in [0.5, 0.6) is 11.5 Å². The summed E-state index contributed by atoms with van der Waals surface area (Å²) >= 11 is 0. The first kappa shape index (κ1) is 13.4. The summed E-state index contributed by atoms with van der Waals surface area (Å²) in [5.41, 5.74) is -0.136. The first-order valence-corrected chi connectivity index (χ1v) is 5.50. The number of phenolic OH excluding ortho intramolecular Hbond substituents is 1. The van der Waals surface area contributed by atoms with Crippen molar-refractivity contribution in [2.45, 2.75) is 32.8 Å². The zero-order valence-electron chi connectivity index (χ0n) is 10.6. The summed E-state index contributed by atoms with van der Waals surface area (Å²) in [4.78, 5) is 11.8. The van der Waals surface area contributed by atoms with Crippen LogP contribution in [0.1, 0.15) is 37.6 Å². The Kier molecular flexibility index (Phi) is 3.99. The first-order chi connectivity index (χ1) is 7.89. The van der Waals surface area contributed by atoms with Gasteiger partial charge in [0.2, 0.25) is 0 Å². The van der Waals surface area contributed by atoms with E-state index in [-0.39, 0.29) is 11.5 Å². The number of benzene rings is 1. The van der Waals surface area contributed by atoms with Crippen LogP contribution in [-0.2, 0) is 4.74 Å². The smallest absolute Gasteiger partial charge is 0.338 e. The van der Waals surface area contributed by atoms with Crippen molar-refractivity contribution in [3.8, 4) is 11.5 Å². The minimum Gasteiger partial charge on any atom is -0.504 e. The predicted octanol–water partition coefficient (Wildman–Crippen LogP) is 2.75. The quantitative estimate of drug-likeness (QED) is 0.819. The lowest BCUT2D eigenvalue weighted by molar-refractivity contribution is -0.00246. The highest BCUT2D eigenvalue weighted by molar-refractivity contribution is 5.90. The number of aromatic hydroxyl groups is 1. The molecule has 0 atom stereocenters. The Morgan fingerprint density at radius 1 is 1.41 bits per heavy atom. The van der Waals surface area contributed by atoms with Crippen LogP contribution in [-0.4, -0.2) is 23.8 Å².